The molecular weight excluding hydrogens is 230 g/mol. The maximum absolute atomic E-state index is 12.1. The Hall–Kier alpha value is -1.49. The average Bonchev–Trinajstić information content (AvgIpc) is 2.67. The van der Waals surface area contributed by atoms with Crippen molar-refractivity contribution >= 4 is 11.6 Å². The number of carbonyl (C=O) groups excluding carboxylic acids is 1. The Balaban J connectivity index is 2.83. The summed E-state index contributed by atoms with van der Waals surface area (Å²) < 4.78 is 1.85. The molecule has 0 bridgehead atoms. The van der Waals surface area contributed by atoms with Crippen LogP contribution in [-0.2, 0) is 6.54 Å². The lowest BCUT2D eigenvalue weighted by molar-refractivity contribution is 0.0887. The molecule has 0 saturated carbocycles. The van der Waals surface area contributed by atoms with Gasteiger partial charge in [0.2, 0.25) is 0 Å². The Morgan fingerprint density at radius 2 is 2.22 bits per heavy atom. The summed E-state index contributed by atoms with van der Waals surface area (Å²) in [5.74, 6) is -0.00113. The number of hydrogen-bond acceptors (Lipinski definition) is 3. The van der Waals surface area contributed by atoms with E-state index in [1.54, 1.807) is 12.3 Å². The Labute approximate surface area is 108 Å². The number of nitrogens with two attached hydrogens (primary N) is 1. The fourth-order valence-electron chi connectivity index (χ4n) is 1.81. The Morgan fingerprint density at radius 1 is 1.56 bits per heavy atom. The number of anilines is 1. The highest BCUT2D eigenvalue weighted by Crippen LogP contribution is 2.12. The van der Waals surface area contributed by atoms with Gasteiger partial charge in [0.15, 0.2) is 0 Å². The molecular formula is C13H23N3O2. The highest BCUT2D eigenvalue weighted by molar-refractivity contribution is 5.94. The van der Waals surface area contributed by atoms with Crippen molar-refractivity contribution in [3.63, 3.8) is 0 Å². The predicted octanol–water partition coefficient (Wildman–Crippen LogP) is 1.23. The SMILES string of the molecule is CCCn1cc(N)cc1C(=O)NC(CO)C(C)C. The second-order valence-corrected chi connectivity index (χ2v) is 4.86. The normalized spacial score (nSPS) is 12.7. The van der Waals surface area contributed by atoms with Crippen molar-refractivity contribution in [3.05, 3.63) is 18.0 Å². The molecule has 5 heteroatoms. The Bertz CT molecular complexity index is 399. The minimum atomic E-state index is -0.233. The number of rotatable bonds is 6. The molecule has 0 aliphatic carbocycles. The first-order valence-corrected chi connectivity index (χ1v) is 6.37. The van der Waals surface area contributed by atoms with E-state index in [0.29, 0.717) is 11.4 Å². The smallest absolute Gasteiger partial charge is 0.268 e. The van der Waals surface area contributed by atoms with Gasteiger partial charge >= 0.3 is 0 Å². The van der Waals surface area contributed by atoms with Gasteiger partial charge in [-0.25, -0.2) is 0 Å². The number of aliphatic hydroxyl groups excluding tert-OH is 1. The van der Waals surface area contributed by atoms with E-state index in [1.165, 1.54) is 0 Å². The zero-order valence-electron chi connectivity index (χ0n) is 11.3. The zero-order valence-corrected chi connectivity index (χ0v) is 11.3. The van der Waals surface area contributed by atoms with E-state index >= 15 is 0 Å². The number of nitrogens with zero attached hydrogens (tertiary/aromatic N) is 1. The summed E-state index contributed by atoms with van der Waals surface area (Å²) in [7, 11) is 0. The molecule has 0 aliphatic heterocycles. The topological polar surface area (TPSA) is 80.3 Å². The molecule has 4 N–H and O–H groups in total. The minimum absolute atomic E-state index is 0.0621. The molecule has 0 aromatic carbocycles. The zero-order chi connectivity index (χ0) is 13.7. The molecule has 1 heterocycles. The van der Waals surface area contributed by atoms with Crippen LogP contribution in [0.3, 0.4) is 0 Å². The van der Waals surface area contributed by atoms with Gasteiger partial charge in [-0.05, 0) is 18.4 Å². The minimum Gasteiger partial charge on any atom is -0.397 e. The van der Waals surface area contributed by atoms with Crippen LogP contribution < -0.4 is 11.1 Å². The van der Waals surface area contributed by atoms with E-state index in [0.717, 1.165) is 13.0 Å². The van der Waals surface area contributed by atoms with Gasteiger partial charge in [0.25, 0.3) is 5.91 Å². The summed E-state index contributed by atoms with van der Waals surface area (Å²) in [5, 5.41) is 12.1. The lowest BCUT2D eigenvalue weighted by Gasteiger charge is -2.20. The number of nitrogens with one attached hydrogen (secondary N) is 1. The van der Waals surface area contributed by atoms with E-state index in [4.69, 9.17) is 5.73 Å². The molecule has 0 aliphatic rings. The molecule has 1 unspecified atom stereocenters. The average molecular weight is 253 g/mol. The van der Waals surface area contributed by atoms with Crippen LogP contribution in [0.5, 0.6) is 0 Å². The van der Waals surface area contributed by atoms with Crippen molar-refractivity contribution in [2.45, 2.75) is 39.8 Å². The van der Waals surface area contributed by atoms with Gasteiger partial charge in [0, 0.05) is 12.7 Å². The van der Waals surface area contributed by atoms with E-state index in [9.17, 15) is 9.90 Å². The second-order valence-electron chi connectivity index (χ2n) is 4.86. The van der Waals surface area contributed by atoms with Crippen LogP contribution in [0, 0.1) is 5.92 Å². The van der Waals surface area contributed by atoms with Crippen molar-refractivity contribution < 1.29 is 9.90 Å². The summed E-state index contributed by atoms with van der Waals surface area (Å²) in [6.07, 6.45) is 2.70. The van der Waals surface area contributed by atoms with Crippen molar-refractivity contribution in [3.8, 4) is 0 Å². The Kier molecular flexibility index (Phi) is 5.22. The first-order chi connectivity index (χ1) is 8.49. The number of aromatic nitrogens is 1. The molecule has 0 saturated heterocycles. The molecule has 0 radical (unpaired) electrons. The predicted molar refractivity (Wildman–Crippen MR) is 72.3 cm³/mol. The monoisotopic (exact) mass is 253 g/mol. The third-order valence-electron chi connectivity index (χ3n) is 2.93. The summed E-state index contributed by atoms with van der Waals surface area (Å²) in [5.41, 5.74) is 6.85. The van der Waals surface area contributed by atoms with Gasteiger partial charge in [-0.15, -0.1) is 0 Å². The van der Waals surface area contributed by atoms with Crippen LogP contribution in [0.4, 0.5) is 5.69 Å². The van der Waals surface area contributed by atoms with Crippen molar-refractivity contribution in [1.29, 1.82) is 0 Å². The van der Waals surface area contributed by atoms with E-state index in [-0.39, 0.29) is 24.5 Å². The Morgan fingerprint density at radius 3 is 2.72 bits per heavy atom. The lowest BCUT2D eigenvalue weighted by Crippen LogP contribution is -2.41. The third kappa shape index (κ3) is 3.50. The van der Waals surface area contributed by atoms with Gasteiger partial charge in [-0.2, -0.15) is 0 Å². The largest absolute Gasteiger partial charge is 0.397 e. The van der Waals surface area contributed by atoms with Crippen LogP contribution in [0.25, 0.3) is 0 Å². The summed E-state index contributed by atoms with van der Waals surface area (Å²) in [6, 6.07) is 1.43. The van der Waals surface area contributed by atoms with E-state index in [1.807, 2.05) is 25.3 Å². The molecule has 18 heavy (non-hydrogen) atoms. The maximum atomic E-state index is 12.1. The molecule has 1 atom stereocenters. The molecule has 1 amide bonds. The highest BCUT2D eigenvalue weighted by atomic mass is 16.3. The molecule has 5 nitrogen and oxygen atoms in total. The molecule has 1 aromatic rings. The van der Waals surface area contributed by atoms with Crippen LogP contribution >= 0.6 is 0 Å². The molecule has 1 rings (SSSR count). The summed E-state index contributed by atoms with van der Waals surface area (Å²) in [6.45, 7) is 6.66. The standard InChI is InChI=1S/C13H23N3O2/c1-4-5-16-7-10(14)6-12(16)13(18)15-11(8-17)9(2)3/h6-7,9,11,17H,4-5,8,14H2,1-3H3,(H,15,18). The fraction of sp³-hybridized carbons (Fsp3) is 0.615. The summed E-state index contributed by atoms with van der Waals surface area (Å²) in [4.78, 5) is 12.1. The first-order valence-electron chi connectivity index (χ1n) is 6.37. The quantitative estimate of drug-likeness (QED) is 0.713. The lowest BCUT2D eigenvalue weighted by atomic mass is 10.1. The van der Waals surface area contributed by atoms with Crippen molar-refractivity contribution in [1.82, 2.24) is 9.88 Å². The van der Waals surface area contributed by atoms with Crippen LogP contribution in [0.2, 0.25) is 0 Å². The number of amides is 1. The molecule has 0 spiro atoms. The van der Waals surface area contributed by atoms with Gasteiger partial charge in [0.05, 0.1) is 18.3 Å². The number of carbonyl (C=O) groups is 1. The molecule has 0 fully saturated rings. The fourth-order valence-corrected chi connectivity index (χ4v) is 1.81. The summed E-state index contributed by atoms with van der Waals surface area (Å²) >= 11 is 0. The van der Waals surface area contributed by atoms with Gasteiger partial charge in [-0.1, -0.05) is 20.8 Å². The second kappa shape index (κ2) is 6.44. The first kappa shape index (κ1) is 14.6. The third-order valence-corrected chi connectivity index (χ3v) is 2.93. The maximum Gasteiger partial charge on any atom is 0.268 e. The van der Waals surface area contributed by atoms with Gasteiger partial charge < -0.3 is 20.7 Å². The number of aliphatic hydroxyl groups is 1. The molecule has 1 aromatic heterocycles. The van der Waals surface area contributed by atoms with E-state index < -0.39 is 0 Å². The molecule has 102 valence electrons. The number of hydrogen-bond donors (Lipinski definition) is 3. The van der Waals surface area contributed by atoms with Crippen molar-refractivity contribution in [2.75, 3.05) is 12.3 Å². The van der Waals surface area contributed by atoms with Crippen LogP contribution in [0.1, 0.15) is 37.7 Å². The van der Waals surface area contributed by atoms with E-state index in [2.05, 4.69) is 5.32 Å². The highest BCUT2D eigenvalue weighted by Gasteiger charge is 2.18. The van der Waals surface area contributed by atoms with Crippen LogP contribution in [-0.4, -0.2) is 28.2 Å². The van der Waals surface area contributed by atoms with Gasteiger partial charge in [0.1, 0.15) is 5.69 Å². The number of aryl methyl sites for hydroxylation is 1. The van der Waals surface area contributed by atoms with Gasteiger partial charge in [-0.3, -0.25) is 4.79 Å². The van der Waals surface area contributed by atoms with Crippen molar-refractivity contribution in [2.24, 2.45) is 5.92 Å². The number of nitrogen functional groups attached to an aromatic ring is 1. The van der Waals surface area contributed by atoms with Crippen LogP contribution in [0.15, 0.2) is 12.3 Å².